The number of imide groups is 1. The van der Waals surface area contributed by atoms with E-state index in [1.54, 1.807) is 32.0 Å². The average molecular weight is 492 g/mol. The van der Waals surface area contributed by atoms with Crippen LogP contribution in [0.1, 0.15) is 58.9 Å². The molecule has 1 saturated carbocycles. The molecule has 2 fully saturated rings. The summed E-state index contributed by atoms with van der Waals surface area (Å²) in [6.07, 6.45) is 4.07. The number of amides is 2. The summed E-state index contributed by atoms with van der Waals surface area (Å²) in [5.41, 5.74) is -0.153. The summed E-state index contributed by atoms with van der Waals surface area (Å²) in [5.74, 6) is -3.16. The molecule has 1 N–H and O–H groups in total. The number of allylic oxidation sites excluding steroid dienone is 4. The number of phenolic OH excluding ortho intramolecular Hbond substituents is 1. The fourth-order valence-corrected chi connectivity index (χ4v) is 7.37. The van der Waals surface area contributed by atoms with Crippen LogP contribution in [0.25, 0.3) is 0 Å². The van der Waals surface area contributed by atoms with Crippen molar-refractivity contribution in [3.63, 3.8) is 0 Å². The molecule has 6 atom stereocenters. The molecule has 5 rings (SSSR count). The Bertz CT molecular complexity index is 1270. The van der Waals surface area contributed by atoms with Crippen LogP contribution >= 0.6 is 0 Å². The number of likely N-dealkylation sites (tertiary alicyclic amines) is 1. The quantitative estimate of drug-likeness (QED) is 0.497. The van der Waals surface area contributed by atoms with E-state index in [9.17, 15) is 24.3 Å². The van der Waals surface area contributed by atoms with Crippen molar-refractivity contribution in [2.75, 3.05) is 7.11 Å². The zero-order valence-corrected chi connectivity index (χ0v) is 21.6. The number of carbonyl (C=O) groups excluding carboxylic acids is 4. The van der Waals surface area contributed by atoms with Crippen LogP contribution in [0.3, 0.4) is 0 Å². The lowest BCUT2D eigenvalue weighted by molar-refractivity contribution is -0.146. The second kappa shape index (κ2) is 7.89. The Balaban J connectivity index is 1.75. The summed E-state index contributed by atoms with van der Waals surface area (Å²) in [4.78, 5) is 55.8. The van der Waals surface area contributed by atoms with Crippen molar-refractivity contribution in [1.29, 1.82) is 0 Å². The van der Waals surface area contributed by atoms with E-state index in [1.165, 1.54) is 18.1 Å². The molecule has 1 aliphatic heterocycles. The highest BCUT2D eigenvalue weighted by atomic mass is 16.5. The van der Waals surface area contributed by atoms with Gasteiger partial charge in [0, 0.05) is 22.9 Å². The Morgan fingerprint density at radius 2 is 1.78 bits per heavy atom. The topological polar surface area (TPSA) is 101 Å². The van der Waals surface area contributed by atoms with Gasteiger partial charge >= 0.3 is 0 Å². The third-order valence-corrected chi connectivity index (χ3v) is 8.86. The molecule has 0 spiro atoms. The Hall–Kier alpha value is -3.22. The van der Waals surface area contributed by atoms with E-state index in [0.717, 1.165) is 5.57 Å². The van der Waals surface area contributed by atoms with E-state index in [4.69, 9.17) is 4.74 Å². The molecule has 7 nitrogen and oxygen atoms in total. The molecule has 2 amide bonds. The number of hydrogen-bond acceptors (Lipinski definition) is 6. The molecular weight excluding hydrogens is 458 g/mol. The Kier molecular flexibility index (Phi) is 5.36. The molecule has 0 bridgehead atoms. The largest absolute Gasteiger partial charge is 0.508 e. The number of ketones is 2. The van der Waals surface area contributed by atoms with E-state index in [-0.39, 0.29) is 29.1 Å². The second-order valence-corrected chi connectivity index (χ2v) is 11.8. The van der Waals surface area contributed by atoms with E-state index in [0.29, 0.717) is 29.7 Å². The Labute approximate surface area is 211 Å². The zero-order chi connectivity index (χ0) is 26.3. The van der Waals surface area contributed by atoms with Crippen LogP contribution in [0.2, 0.25) is 0 Å². The van der Waals surface area contributed by atoms with Crippen LogP contribution in [0, 0.1) is 29.1 Å². The minimum Gasteiger partial charge on any atom is -0.508 e. The van der Waals surface area contributed by atoms with Crippen molar-refractivity contribution in [2.24, 2.45) is 29.1 Å². The highest BCUT2D eigenvalue weighted by Crippen LogP contribution is 2.64. The van der Waals surface area contributed by atoms with Gasteiger partial charge in [0.2, 0.25) is 11.8 Å². The van der Waals surface area contributed by atoms with Gasteiger partial charge in [-0.3, -0.25) is 24.1 Å². The number of phenols is 1. The smallest absolute Gasteiger partial charge is 0.234 e. The van der Waals surface area contributed by atoms with Gasteiger partial charge in [0.25, 0.3) is 0 Å². The lowest BCUT2D eigenvalue weighted by atomic mass is 9.47. The number of hydrogen-bond donors (Lipinski definition) is 1. The van der Waals surface area contributed by atoms with Gasteiger partial charge in [-0.2, -0.15) is 0 Å². The van der Waals surface area contributed by atoms with E-state index >= 15 is 0 Å². The molecule has 3 aliphatic carbocycles. The van der Waals surface area contributed by atoms with Gasteiger partial charge in [-0.1, -0.05) is 24.6 Å². The average Bonchev–Trinajstić information content (AvgIpc) is 3.07. The van der Waals surface area contributed by atoms with Crippen molar-refractivity contribution >= 4 is 23.4 Å². The van der Waals surface area contributed by atoms with Crippen LogP contribution in [0.4, 0.5) is 0 Å². The number of methoxy groups -OCH3 is 1. The maximum absolute atomic E-state index is 13.8. The van der Waals surface area contributed by atoms with E-state index in [2.05, 4.69) is 0 Å². The predicted molar refractivity (Wildman–Crippen MR) is 132 cm³/mol. The van der Waals surface area contributed by atoms with Crippen LogP contribution in [-0.2, 0) is 19.2 Å². The number of nitrogens with zero attached hydrogens (tertiary/aromatic N) is 1. The molecule has 0 aromatic heterocycles. The highest BCUT2D eigenvalue weighted by Gasteiger charge is 2.64. The number of ether oxygens (including phenoxy) is 1. The van der Waals surface area contributed by atoms with Gasteiger partial charge in [-0.05, 0) is 70.2 Å². The van der Waals surface area contributed by atoms with Crippen LogP contribution < -0.4 is 4.74 Å². The summed E-state index contributed by atoms with van der Waals surface area (Å²) in [6, 6.07) is 4.95. The number of fused-ring (bicyclic) bond motifs is 4. The summed E-state index contributed by atoms with van der Waals surface area (Å²) in [7, 11) is 1.50. The minimum atomic E-state index is -1.16. The van der Waals surface area contributed by atoms with Gasteiger partial charge in [0.05, 0.1) is 24.4 Å². The maximum atomic E-state index is 13.8. The lowest BCUT2D eigenvalue weighted by Gasteiger charge is -2.53. The van der Waals surface area contributed by atoms with Gasteiger partial charge < -0.3 is 9.84 Å². The third-order valence-electron chi connectivity index (χ3n) is 8.86. The fourth-order valence-electron chi connectivity index (χ4n) is 7.37. The molecule has 1 saturated heterocycles. The van der Waals surface area contributed by atoms with Gasteiger partial charge in [-0.25, -0.2) is 0 Å². The molecule has 0 unspecified atom stereocenters. The molecule has 0 radical (unpaired) electrons. The highest BCUT2D eigenvalue weighted by molar-refractivity contribution is 6.13. The number of benzene rings is 1. The fraction of sp³-hybridized carbons (Fsp3) is 0.517. The van der Waals surface area contributed by atoms with Crippen molar-refractivity contribution in [2.45, 2.75) is 58.9 Å². The molecular formula is C29H33NO6. The molecule has 1 aromatic rings. The first kappa shape index (κ1) is 24.5. The number of aromatic hydroxyl groups is 1. The number of rotatable bonds is 2. The second-order valence-electron chi connectivity index (χ2n) is 11.8. The van der Waals surface area contributed by atoms with Crippen LogP contribution in [0.5, 0.6) is 11.5 Å². The van der Waals surface area contributed by atoms with Crippen LogP contribution in [0.15, 0.2) is 41.5 Å². The summed E-state index contributed by atoms with van der Waals surface area (Å²) in [5, 5.41) is 11.1. The van der Waals surface area contributed by atoms with Gasteiger partial charge in [0.15, 0.2) is 11.6 Å². The Morgan fingerprint density at radius 3 is 2.42 bits per heavy atom. The van der Waals surface area contributed by atoms with Crippen molar-refractivity contribution in [1.82, 2.24) is 4.90 Å². The van der Waals surface area contributed by atoms with E-state index in [1.807, 2.05) is 26.8 Å². The van der Waals surface area contributed by atoms with Gasteiger partial charge in [-0.15, -0.1) is 0 Å². The SMILES string of the molecule is COc1cccc(O)c1[C@H]1C2=CC[C@@H]3C(=O)N(C(C)(C)C)C(=O)[C@@H]3[C@@H]2C[C@H]2C(=O)C=C(C)C(=O)[C@@]12C. The molecule has 36 heavy (non-hydrogen) atoms. The van der Waals surface area contributed by atoms with Crippen molar-refractivity contribution in [3.05, 3.63) is 47.1 Å². The summed E-state index contributed by atoms with van der Waals surface area (Å²) < 4.78 is 5.63. The first-order chi connectivity index (χ1) is 16.8. The molecule has 7 heteroatoms. The predicted octanol–water partition coefficient (Wildman–Crippen LogP) is 3.95. The first-order valence-corrected chi connectivity index (χ1v) is 12.5. The Morgan fingerprint density at radius 1 is 1.08 bits per heavy atom. The molecule has 190 valence electrons. The summed E-state index contributed by atoms with van der Waals surface area (Å²) in [6.45, 7) is 8.99. The van der Waals surface area contributed by atoms with Crippen molar-refractivity contribution < 1.29 is 29.0 Å². The molecule has 4 aliphatic rings. The standard InChI is InChI=1S/C29H33NO6/c1-14-12-20(32)18-13-17-15(10-11-16-22(17)27(35)30(26(16)34)28(2,3)4)24(29(18,5)25(14)33)23-19(31)8-7-9-21(23)36-6/h7-10,12,16-18,22,24,31H,11,13H2,1-6H3/t16-,17+,18-,22-,24+,29+/m0/s1. The molecule has 1 heterocycles. The zero-order valence-electron chi connectivity index (χ0n) is 21.6. The van der Waals surface area contributed by atoms with Crippen molar-refractivity contribution in [3.8, 4) is 11.5 Å². The van der Waals surface area contributed by atoms with Gasteiger partial charge in [0.1, 0.15) is 11.5 Å². The van der Waals surface area contributed by atoms with Crippen LogP contribution in [-0.4, -0.2) is 46.0 Å². The lowest BCUT2D eigenvalue weighted by Crippen LogP contribution is -2.55. The minimum absolute atomic E-state index is 0.0272. The third kappa shape index (κ3) is 3.10. The first-order valence-electron chi connectivity index (χ1n) is 12.5. The van der Waals surface area contributed by atoms with E-state index < -0.39 is 40.5 Å². The monoisotopic (exact) mass is 491 g/mol. The summed E-state index contributed by atoms with van der Waals surface area (Å²) >= 11 is 0. The molecule has 1 aromatic carbocycles. The maximum Gasteiger partial charge on any atom is 0.234 e. The normalized spacial score (nSPS) is 34.1. The number of Topliss-reactive ketones (excluding diaryl/α,β-unsaturated/α-hetero) is 1. The number of carbonyl (C=O) groups is 4.